The van der Waals surface area contributed by atoms with Crippen molar-refractivity contribution in [2.45, 2.75) is 6.04 Å². The lowest BCUT2D eigenvalue weighted by atomic mass is 10.1. The highest BCUT2D eigenvalue weighted by molar-refractivity contribution is 14.0. The minimum atomic E-state index is 0. The molecule has 1 aromatic heterocycles. The Kier molecular flexibility index (Phi) is 8.41. The molecule has 19 heavy (non-hydrogen) atoms. The van der Waals surface area contributed by atoms with Gasteiger partial charge in [-0.1, -0.05) is 6.08 Å². The SMILES string of the molecule is C=CCNC(N)=NCC(c1cnn(C)c1)N(C)C.I. The van der Waals surface area contributed by atoms with Crippen LogP contribution >= 0.6 is 24.0 Å². The van der Waals surface area contributed by atoms with Crippen molar-refractivity contribution in [1.82, 2.24) is 20.0 Å². The van der Waals surface area contributed by atoms with Gasteiger partial charge in [-0.05, 0) is 14.1 Å². The molecule has 1 unspecified atom stereocenters. The third-order valence-corrected chi connectivity index (χ3v) is 2.60. The summed E-state index contributed by atoms with van der Waals surface area (Å²) in [6.45, 7) is 4.83. The normalized spacial score (nSPS) is 12.9. The molecule has 0 fully saturated rings. The molecule has 0 bridgehead atoms. The molecule has 0 amide bonds. The van der Waals surface area contributed by atoms with Gasteiger partial charge >= 0.3 is 0 Å². The number of aliphatic imine (C=N–C) groups is 1. The number of likely N-dealkylation sites (N-methyl/N-ethyl adjacent to an activating group) is 1. The lowest BCUT2D eigenvalue weighted by Gasteiger charge is -2.21. The van der Waals surface area contributed by atoms with Gasteiger partial charge in [0, 0.05) is 25.4 Å². The Bertz CT molecular complexity index is 412. The Morgan fingerprint density at radius 3 is 2.84 bits per heavy atom. The highest BCUT2D eigenvalue weighted by Gasteiger charge is 2.15. The number of hydrogen-bond acceptors (Lipinski definition) is 3. The lowest BCUT2D eigenvalue weighted by Crippen LogP contribution is -2.33. The molecule has 7 heteroatoms. The lowest BCUT2D eigenvalue weighted by molar-refractivity contribution is 0.306. The number of nitrogens with two attached hydrogens (primary N) is 1. The first-order chi connectivity index (χ1) is 8.54. The minimum Gasteiger partial charge on any atom is -0.370 e. The predicted octanol–water partition coefficient (Wildman–Crippen LogP) is 0.731. The second-order valence-corrected chi connectivity index (χ2v) is 4.32. The van der Waals surface area contributed by atoms with Gasteiger partial charge in [-0.25, -0.2) is 0 Å². The fraction of sp³-hybridized carbons (Fsp3) is 0.500. The van der Waals surface area contributed by atoms with Crippen molar-refractivity contribution in [3.05, 3.63) is 30.6 Å². The van der Waals surface area contributed by atoms with Crippen LogP contribution < -0.4 is 11.1 Å². The van der Waals surface area contributed by atoms with E-state index in [0.717, 1.165) is 5.56 Å². The number of rotatable bonds is 6. The van der Waals surface area contributed by atoms with Crippen molar-refractivity contribution < 1.29 is 0 Å². The number of guanidine groups is 1. The fourth-order valence-corrected chi connectivity index (χ4v) is 1.60. The van der Waals surface area contributed by atoms with Crippen molar-refractivity contribution in [2.24, 2.45) is 17.8 Å². The molecule has 108 valence electrons. The van der Waals surface area contributed by atoms with Crippen LogP contribution in [0.2, 0.25) is 0 Å². The van der Waals surface area contributed by atoms with Gasteiger partial charge in [-0.3, -0.25) is 9.67 Å². The summed E-state index contributed by atoms with van der Waals surface area (Å²) in [7, 11) is 5.93. The second kappa shape index (κ2) is 8.92. The van der Waals surface area contributed by atoms with Gasteiger partial charge in [-0.15, -0.1) is 30.6 Å². The van der Waals surface area contributed by atoms with Crippen LogP contribution in [0.25, 0.3) is 0 Å². The van der Waals surface area contributed by atoms with Crippen LogP contribution in [0.3, 0.4) is 0 Å². The summed E-state index contributed by atoms with van der Waals surface area (Å²) in [6.07, 6.45) is 5.59. The van der Waals surface area contributed by atoms with Crippen LogP contribution in [0.4, 0.5) is 0 Å². The molecule has 0 spiro atoms. The standard InChI is InChI=1S/C12H22N6.HI/c1-5-6-14-12(13)15-8-11(17(2)3)10-7-16-18(4)9-10;/h5,7,9,11H,1,6,8H2,2-4H3,(H3,13,14,15);1H. The predicted molar refractivity (Wildman–Crippen MR) is 89.7 cm³/mol. The molecule has 6 nitrogen and oxygen atoms in total. The molecule has 0 saturated carbocycles. The van der Waals surface area contributed by atoms with E-state index in [9.17, 15) is 0 Å². The average Bonchev–Trinajstić information content (AvgIpc) is 2.73. The van der Waals surface area contributed by atoms with Crippen molar-refractivity contribution in [2.75, 3.05) is 27.2 Å². The topological polar surface area (TPSA) is 71.5 Å². The number of halogens is 1. The van der Waals surface area contributed by atoms with Crippen molar-refractivity contribution in [1.29, 1.82) is 0 Å². The molecule has 1 atom stereocenters. The molecule has 1 heterocycles. The van der Waals surface area contributed by atoms with Gasteiger partial charge in [0.25, 0.3) is 0 Å². The van der Waals surface area contributed by atoms with E-state index in [2.05, 4.69) is 26.9 Å². The largest absolute Gasteiger partial charge is 0.370 e. The molecule has 0 aliphatic carbocycles. The quantitative estimate of drug-likeness (QED) is 0.332. The Morgan fingerprint density at radius 1 is 1.68 bits per heavy atom. The van der Waals surface area contributed by atoms with Crippen molar-refractivity contribution >= 4 is 29.9 Å². The third-order valence-electron chi connectivity index (χ3n) is 2.60. The molecular formula is C12H23IN6. The highest BCUT2D eigenvalue weighted by atomic mass is 127. The maximum absolute atomic E-state index is 5.74. The summed E-state index contributed by atoms with van der Waals surface area (Å²) in [5.41, 5.74) is 6.87. The van der Waals surface area contributed by atoms with Crippen molar-refractivity contribution in [3.8, 4) is 0 Å². The van der Waals surface area contributed by atoms with Gasteiger partial charge in [-0.2, -0.15) is 5.10 Å². The van der Waals surface area contributed by atoms with E-state index in [4.69, 9.17) is 5.73 Å². The number of aryl methyl sites for hydroxylation is 1. The average molecular weight is 378 g/mol. The molecule has 0 aliphatic rings. The smallest absolute Gasteiger partial charge is 0.188 e. The molecule has 0 saturated heterocycles. The summed E-state index contributed by atoms with van der Waals surface area (Å²) in [5, 5.41) is 7.13. The van der Waals surface area contributed by atoms with E-state index in [1.54, 1.807) is 10.8 Å². The first-order valence-electron chi connectivity index (χ1n) is 5.84. The fourth-order valence-electron chi connectivity index (χ4n) is 1.60. The van der Waals surface area contributed by atoms with E-state index in [0.29, 0.717) is 19.0 Å². The Balaban J connectivity index is 0.00000324. The molecule has 0 aliphatic heterocycles. The van der Waals surface area contributed by atoms with Gasteiger partial charge in [0.1, 0.15) is 0 Å². The molecule has 1 aromatic rings. The minimum absolute atomic E-state index is 0. The van der Waals surface area contributed by atoms with Crippen LogP contribution in [0, 0.1) is 0 Å². The molecule has 0 aromatic carbocycles. The maximum Gasteiger partial charge on any atom is 0.188 e. The second-order valence-electron chi connectivity index (χ2n) is 4.32. The van der Waals surface area contributed by atoms with Crippen LogP contribution in [0.1, 0.15) is 11.6 Å². The molecule has 1 rings (SSSR count). The van der Waals surface area contributed by atoms with Gasteiger partial charge in [0.05, 0.1) is 18.8 Å². The summed E-state index contributed by atoms with van der Waals surface area (Å²) in [6, 6.07) is 0.169. The number of hydrogen-bond donors (Lipinski definition) is 2. The van der Waals surface area contributed by atoms with Gasteiger partial charge in [0.2, 0.25) is 0 Å². The molecular weight excluding hydrogens is 355 g/mol. The summed E-state index contributed by atoms with van der Waals surface area (Å²) >= 11 is 0. The van der Waals surface area contributed by atoms with Gasteiger partial charge in [0.15, 0.2) is 5.96 Å². The molecule has 3 N–H and O–H groups in total. The Labute approximate surface area is 131 Å². The van der Waals surface area contributed by atoms with E-state index in [1.807, 2.05) is 33.5 Å². The van der Waals surface area contributed by atoms with Gasteiger partial charge < -0.3 is 16.0 Å². The van der Waals surface area contributed by atoms with E-state index in [-0.39, 0.29) is 30.0 Å². The molecule has 0 radical (unpaired) electrons. The first-order valence-corrected chi connectivity index (χ1v) is 5.84. The first kappa shape index (κ1) is 17.9. The zero-order valence-corrected chi connectivity index (χ0v) is 14.0. The van der Waals surface area contributed by atoms with Crippen LogP contribution in [-0.4, -0.2) is 47.8 Å². The van der Waals surface area contributed by atoms with Crippen LogP contribution in [-0.2, 0) is 7.05 Å². The Hall–Kier alpha value is -1.09. The summed E-state index contributed by atoms with van der Waals surface area (Å²) in [4.78, 5) is 6.42. The monoisotopic (exact) mass is 378 g/mol. The number of nitrogens with one attached hydrogen (secondary N) is 1. The van der Waals surface area contributed by atoms with Crippen LogP contribution in [0.15, 0.2) is 30.0 Å². The third kappa shape index (κ3) is 6.06. The maximum atomic E-state index is 5.74. The summed E-state index contributed by atoms with van der Waals surface area (Å²) in [5.74, 6) is 0.436. The highest BCUT2D eigenvalue weighted by Crippen LogP contribution is 2.17. The zero-order valence-electron chi connectivity index (χ0n) is 11.7. The van der Waals surface area contributed by atoms with E-state index in [1.165, 1.54) is 0 Å². The Morgan fingerprint density at radius 2 is 2.37 bits per heavy atom. The van der Waals surface area contributed by atoms with E-state index >= 15 is 0 Å². The van der Waals surface area contributed by atoms with Crippen LogP contribution in [0.5, 0.6) is 0 Å². The zero-order chi connectivity index (χ0) is 13.5. The number of aromatic nitrogens is 2. The van der Waals surface area contributed by atoms with Crippen molar-refractivity contribution in [3.63, 3.8) is 0 Å². The summed E-state index contributed by atoms with van der Waals surface area (Å²) < 4.78 is 1.79. The number of nitrogens with zero attached hydrogens (tertiary/aromatic N) is 4. The van der Waals surface area contributed by atoms with E-state index < -0.39 is 0 Å².